The zero-order chi connectivity index (χ0) is 35.7. The van der Waals surface area contributed by atoms with E-state index in [-0.39, 0.29) is 0 Å². The van der Waals surface area contributed by atoms with Gasteiger partial charge in [-0.25, -0.2) is 15.0 Å². The van der Waals surface area contributed by atoms with Gasteiger partial charge in [0.1, 0.15) is 11.2 Å². The highest BCUT2D eigenvalue weighted by atomic mass is 16.3. The van der Waals surface area contributed by atoms with Crippen molar-refractivity contribution in [2.75, 3.05) is 0 Å². The molecule has 6 nitrogen and oxygen atoms in total. The first-order valence-electron chi connectivity index (χ1n) is 17.1. The second-order valence-corrected chi connectivity index (χ2v) is 12.7. The summed E-state index contributed by atoms with van der Waals surface area (Å²) in [5, 5.41) is 20.8. The first kappa shape index (κ1) is 31.3. The van der Waals surface area contributed by atoms with E-state index >= 15 is 0 Å². The molecule has 2 aromatic heterocycles. The Labute approximate surface area is 305 Å². The molecule has 0 spiro atoms. The normalized spacial score (nSPS) is 11.0. The maximum Gasteiger partial charge on any atom is 0.164 e. The van der Waals surface area contributed by atoms with Crippen molar-refractivity contribution < 1.29 is 4.42 Å². The molecule has 0 N–H and O–H groups in total. The molecule has 0 unspecified atom stereocenters. The van der Waals surface area contributed by atoms with Crippen LogP contribution in [0, 0.1) is 22.7 Å². The van der Waals surface area contributed by atoms with Crippen LogP contribution in [0.25, 0.3) is 89.5 Å². The second kappa shape index (κ2) is 13.2. The van der Waals surface area contributed by atoms with Gasteiger partial charge >= 0.3 is 0 Å². The summed E-state index contributed by atoms with van der Waals surface area (Å²) in [7, 11) is 0. The average Bonchev–Trinajstić information content (AvgIpc) is 3.63. The summed E-state index contributed by atoms with van der Waals surface area (Å²) in [6, 6.07) is 58.2. The number of benzene rings is 7. The summed E-state index contributed by atoms with van der Waals surface area (Å²) in [5.41, 5.74) is 11.2. The van der Waals surface area contributed by atoms with Crippen LogP contribution in [0.5, 0.6) is 0 Å². The fraction of sp³-hybridized carbons (Fsp3) is 0. The van der Waals surface area contributed by atoms with Gasteiger partial charge in [0.2, 0.25) is 0 Å². The molecule has 0 saturated carbocycles. The van der Waals surface area contributed by atoms with Gasteiger partial charge in [0.25, 0.3) is 0 Å². The number of hydrogen-bond acceptors (Lipinski definition) is 6. The minimum Gasteiger partial charge on any atom is -0.455 e. The van der Waals surface area contributed by atoms with Crippen molar-refractivity contribution >= 4 is 21.9 Å². The molecule has 0 fully saturated rings. The van der Waals surface area contributed by atoms with Gasteiger partial charge < -0.3 is 4.42 Å². The Kier molecular flexibility index (Phi) is 7.82. The molecule has 6 heteroatoms. The SMILES string of the molecule is N#Cc1ccc(-c2cc(-c3ccc(C#N)cc3)c3oc4cccc(-c5cccc(-c6nc(-c7ccccc7)nc(-c7ccccc7)n6)c5)c4c3c2)cc1. The molecule has 0 radical (unpaired) electrons. The van der Waals surface area contributed by atoms with Crippen molar-refractivity contribution in [2.45, 2.75) is 0 Å². The third-order valence-corrected chi connectivity index (χ3v) is 9.40. The maximum absolute atomic E-state index is 9.46. The van der Waals surface area contributed by atoms with Gasteiger partial charge in [0.15, 0.2) is 17.5 Å². The summed E-state index contributed by atoms with van der Waals surface area (Å²) in [4.78, 5) is 14.8. The Morgan fingerprint density at radius 3 is 1.53 bits per heavy atom. The number of fused-ring (bicyclic) bond motifs is 3. The zero-order valence-corrected chi connectivity index (χ0v) is 28.2. The molecule has 9 rings (SSSR count). The topological polar surface area (TPSA) is 99.4 Å². The van der Waals surface area contributed by atoms with Crippen LogP contribution in [-0.2, 0) is 0 Å². The van der Waals surface area contributed by atoms with E-state index in [0.29, 0.717) is 28.6 Å². The van der Waals surface area contributed by atoms with E-state index in [1.54, 1.807) is 0 Å². The third kappa shape index (κ3) is 5.87. The molecule has 0 aliphatic rings. The Balaban J connectivity index is 1.24. The minimum absolute atomic E-state index is 0.579. The lowest BCUT2D eigenvalue weighted by atomic mass is 9.93. The first-order valence-corrected chi connectivity index (χ1v) is 17.1. The van der Waals surface area contributed by atoms with Crippen LogP contribution < -0.4 is 0 Å². The van der Waals surface area contributed by atoms with Crippen LogP contribution in [0.4, 0.5) is 0 Å². The number of rotatable bonds is 6. The summed E-state index contributed by atoms with van der Waals surface area (Å²) in [6.45, 7) is 0. The molecule has 2 heterocycles. The summed E-state index contributed by atoms with van der Waals surface area (Å²) < 4.78 is 6.69. The highest BCUT2D eigenvalue weighted by molar-refractivity contribution is 6.16. The monoisotopic (exact) mass is 677 g/mol. The molecule has 0 bridgehead atoms. The predicted octanol–water partition coefficient (Wildman–Crippen LogP) is 11.5. The lowest BCUT2D eigenvalue weighted by Crippen LogP contribution is -2.00. The van der Waals surface area contributed by atoms with E-state index in [4.69, 9.17) is 19.4 Å². The number of hydrogen-bond donors (Lipinski definition) is 0. The maximum atomic E-state index is 9.46. The molecule has 7 aromatic carbocycles. The van der Waals surface area contributed by atoms with E-state index in [2.05, 4.69) is 42.5 Å². The largest absolute Gasteiger partial charge is 0.455 e. The highest BCUT2D eigenvalue weighted by Crippen LogP contribution is 2.43. The van der Waals surface area contributed by atoms with E-state index in [1.807, 2.05) is 133 Å². The smallest absolute Gasteiger partial charge is 0.164 e. The van der Waals surface area contributed by atoms with E-state index in [1.165, 1.54) is 0 Å². The van der Waals surface area contributed by atoms with Crippen molar-refractivity contribution in [2.24, 2.45) is 0 Å². The Bertz CT molecular complexity index is 2830. The van der Waals surface area contributed by atoms with Gasteiger partial charge in [-0.15, -0.1) is 0 Å². The van der Waals surface area contributed by atoms with Crippen molar-refractivity contribution in [3.05, 3.63) is 175 Å². The molecule has 9 aromatic rings. The van der Waals surface area contributed by atoms with Crippen molar-refractivity contribution in [3.63, 3.8) is 0 Å². The van der Waals surface area contributed by atoms with Crippen LogP contribution in [-0.4, -0.2) is 15.0 Å². The lowest BCUT2D eigenvalue weighted by molar-refractivity contribution is 0.670. The average molecular weight is 678 g/mol. The van der Waals surface area contributed by atoms with Gasteiger partial charge in [-0.2, -0.15) is 10.5 Å². The second-order valence-electron chi connectivity index (χ2n) is 12.7. The summed E-state index contributed by atoms with van der Waals surface area (Å²) >= 11 is 0. The third-order valence-electron chi connectivity index (χ3n) is 9.40. The minimum atomic E-state index is 0.579. The molecular formula is C47H27N5O. The van der Waals surface area contributed by atoms with Crippen molar-refractivity contribution in [3.8, 4) is 79.7 Å². The zero-order valence-electron chi connectivity index (χ0n) is 28.2. The van der Waals surface area contributed by atoms with Crippen LogP contribution in [0.2, 0.25) is 0 Å². The van der Waals surface area contributed by atoms with Crippen LogP contribution in [0.3, 0.4) is 0 Å². The van der Waals surface area contributed by atoms with Crippen molar-refractivity contribution in [1.82, 2.24) is 15.0 Å². The lowest BCUT2D eigenvalue weighted by Gasteiger charge is -2.11. The predicted molar refractivity (Wildman–Crippen MR) is 209 cm³/mol. The first-order chi connectivity index (χ1) is 26.1. The molecule has 0 aliphatic heterocycles. The fourth-order valence-electron chi connectivity index (χ4n) is 6.78. The van der Waals surface area contributed by atoms with E-state index in [0.717, 1.165) is 72.0 Å². The molecular weight excluding hydrogens is 651 g/mol. The van der Waals surface area contributed by atoms with E-state index < -0.39 is 0 Å². The standard InChI is InChI=1S/C47H27N5O/c48-28-30-17-21-32(22-18-30)38-26-40(33-23-19-31(29-49)20-24-33)44-41(27-38)43-39(15-8-16-42(43)53-44)36-13-7-14-37(25-36)47-51-45(34-9-3-1-4-10-34)50-46(52-47)35-11-5-2-6-12-35/h1-27H. The number of aromatic nitrogens is 3. The van der Waals surface area contributed by atoms with Gasteiger partial charge in [-0.1, -0.05) is 115 Å². The fourth-order valence-corrected chi connectivity index (χ4v) is 6.78. The molecule has 0 atom stereocenters. The Morgan fingerprint density at radius 2 is 0.925 bits per heavy atom. The Hall–Kier alpha value is -7.67. The van der Waals surface area contributed by atoms with Crippen LogP contribution in [0.15, 0.2) is 168 Å². The summed E-state index contributed by atoms with van der Waals surface area (Å²) in [5.74, 6) is 1.79. The van der Waals surface area contributed by atoms with Gasteiger partial charge in [0, 0.05) is 33.0 Å². The molecule has 0 amide bonds. The highest BCUT2D eigenvalue weighted by Gasteiger charge is 2.19. The number of nitrogens with zero attached hydrogens (tertiary/aromatic N) is 5. The molecule has 53 heavy (non-hydrogen) atoms. The molecule has 0 aliphatic carbocycles. The van der Waals surface area contributed by atoms with Gasteiger partial charge in [-0.05, 0) is 76.3 Å². The van der Waals surface area contributed by atoms with Crippen molar-refractivity contribution in [1.29, 1.82) is 10.5 Å². The number of furan rings is 1. The van der Waals surface area contributed by atoms with Gasteiger partial charge in [0.05, 0.1) is 23.3 Å². The summed E-state index contributed by atoms with van der Waals surface area (Å²) in [6.07, 6.45) is 0. The molecule has 246 valence electrons. The number of nitriles is 2. The van der Waals surface area contributed by atoms with Gasteiger partial charge in [-0.3, -0.25) is 0 Å². The quantitative estimate of drug-likeness (QED) is 0.174. The van der Waals surface area contributed by atoms with Crippen LogP contribution in [0.1, 0.15) is 11.1 Å². The van der Waals surface area contributed by atoms with Crippen LogP contribution >= 0.6 is 0 Å². The van der Waals surface area contributed by atoms with E-state index in [9.17, 15) is 10.5 Å². The Morgan fingerprint density at radius 1 is 0.396 bits per heavy atom. The molecule has 0 saturated heterocycles.